The van der Waals surface area contributed by atoms with Crippen LogP contribution in [0.25, 0.3) is 16.7 Å². The summed E-state index contributed by atoms with van der Waals surface area (Å²) in [5, 5.41) is 3.90. The molecular formula is C25H29ClN4O2. The van der Waals surface area contributed by atoms with E-state index in [0.29, 0.717) is 6.61 Å². The molecule has 1 amide bonds. The molecule has 2 saturated heterocycles. The van der Waals surface area contributed by atoms with E-state index in [9.17, 15) is 4.79 Å². The second kappa shape index (κ2) is 8.75. The molecule has 1 N–H and O–H groups in total. The smallest absolute Gasteiger partial charge is 0.223 e. The number of aromatic nitrogens is 2. The van der Waals surface area contributed by atoms with Gasteiger partial charge in [0, 0.05) is 36.3 Å². The van der Waals surface area contributed by atoms with Gasteiger partial charge in [-0.1, -0.05) is 29.3 Å². The van der Waals surface area contributed by atoms with Crippen molar-refractivity contribution in [2.24, 2.45) is 5.92 Å². The molecule has 2 aliphatic heterocycles. The third kappa shape index (κ3) is 4.09. The molecule has 168 valence electrons. The lowest BCUT2D eigenvalue weighted by Crippen LogP contribution is -2.44. The minimum absolute atomic E-state index is 0.0424. The van der Waals surface area contributed by atoms with Gasteiger partial charge < -0.3 is 15.0 Å². The Hall–Kier alpha value is -2.57. The van der Waals surface area contributed by atoms with Crippen molar-refractivity contribution in [3.63, 3.8) is 0 Å². The van der Waals surface area contributed by atoms with Crippen LogP contribution in [0.3, 0.4) is 0 Å². The fourth-order valence-electron chi connectivity index (χ4n) is 4.66. The Morgan fingerprint density at radius 1 is 1.12 bits per heavy atom. The zero-order chi connectivity index (χ0) is 22.2. The molecule has 3 aromatic rings. The first-order valence-corrected chi connectivity index (χ1v) is 11.8. The summed E-state index contributed by atoms with van der Waals surface area (Å²) in [5.41, 5.74) is 5.23. The van der Waals surface area contributed by atoms with Crippen molar-refractivity contribution in [2.45, 2.75) is 39.2 Å². The monoisotopic (exact) mass is 452 g/mol. The highest BCUT2D eigenvalue weighted by atomic mass is 35.5. The summed E-state index contributed by atoms with van der Waals surface area (Å²) in [6.45, 7) is 7.05. The second-order valence-electron chi connectivity index (χ2n) is 9.00. The van der Waals surface area contributed by atoms with Crippen LogP contribution in [0.5, 0.6) is 0 Å². The number of hydrogen-bond donors (Lipinski definition) is 1. The average Bonchev–Trinajstić information content (AvgIpc) is 3.43. The van der Waals surface area contributed by atoms with Gasteiger partial charge >= 0.3 is 0 Å². The number of halogens is 1. The van der Waals surface area contributed by atoms with Crippen molar-refractivity contribution in [2.75, 3.05) is 31.2 Å². The van der Waals surface area contributed by atoms with Gasteiger partial charge in [-0.05, 0) is 62.9 Å². The number of carbonyl (C=O) groups excluding carboxylic acids is 1. The average molecular weight is 453 g/mol. The minimum atomic E-state index is 0.0424. The molecule has 1 atom stereocenters. The summed E-state index contributed by atoms with van der Waals surface area (Å²) in [6.07, 6.45) is 2.54. The van der Waals surface area contributed by atoms with Crippen molar-refractivity contribution in [3.8, 4) is 5.69 Å². The summed E-state index contributed by atoms with van der Waals surface area (Å²) in [7, 11) is 0. The van der Waals surface area contributed by atoms with Crippen LogP contribution in [-0.4, -0.2) is 47.8 Å². The normalized spacial score (nSPS) is 19.6. The highest BCUT2D eigenvalue weighted by molar-refractivity contribution is 6.32. The molecule has 0 bridgehead atoms. The first-order chi connectivity index (χ1) is 15.5. The van der Waals surface area contributed by atoms with E-state index in [0.717, 1.165) is 72.2 Å². The number of hydrogen-bond acceptors (Lipinski definition) is 4. The standard InChI is InChI=1S/C25H29ClN4O2/c1-16-3-5-20(6-4-16)30-23-14-21(26)17(2)13-22(23)28-25(30)29-10-7-18(8-11-29)24(31)27-19-9-12-32-15-19/h3-6,13-14,18-19H,7-12,15H2,1-2H3,(H,27,31)/t19-/m1/s1. The van der Waals surface area contributed by atoms with Gasteiger partial charge in [0.25, 0.3) is 0 Å². The maximum Gasteiger partial charge on any atom is 0.223 e. The SMILES string of the molecule is Cc1ccc(-n2c(N3CCC(C(=O)N[C@@H]4CCOC4)CC3)nc3cc(C)c(Cl)cc32)cc1. The number of nitrogens with one attached hydrogen (secondary N) is 1. The van der Waals surface area contributed by atoms with Gasteiger partial charge in [-0.15, -0.1) is 0 Å². The number of rotatable bonds is 4. The predicted octanol–water partition coefficient (Wildman–Crippen LogP) is 4.42. The van der Waals surface area contributed by atoms with Crippen LogP contribution in [0.15, 0.2) is 36.4 Å². The van der Waals surface area contributed by atoms with Crippen LogP contribution >= 0.6 is 11.6 Å². The molecule has 0 unspecified atom stereocenters. The van der Waals surface area contributed by atoms with Crippen LogP contribution < -0.4 is 10.2 Å². The van der Waals surface area contributed by atoms with E-state index in [2.05, 4.69) is 52.0 Å². The van der Waals surface area contributed by atoms with Crippen molar-refractivity contribution in [3.05, 3.63) is 52.5 Å². The zero-order valence-electron chi connectivity index (χ0n) is 18.6. The van der Waals surface area contributed by atoms with Gasteiger partial charge in [0.2, 0.25) is 11.9 Å². The number of piperidine rings is 1. The Morgan fingerprint density at radius 2 is 1.88 bits per heavy atom. The number of anilines is 1. The van der Waals surface area contributed by atoms with Crippen molar-refractivity contribution in [1.29, 1.82) is 0 Å². The fraction of sp³-hybridized carbons (Fsp3) is 0.440. The largest absolute Gasteiger partial charge is 0.379 e. The molecule has 6 nitrogen and oxygen atoms in total. The lowest BCUT2D eigenvalue weighted by atomic mass is 9.95. The Kier molecular flexibility index (Phi) is 5.82. The van der Waals surface area contributed by atoms with E-state index in [1.54, 1.807) is 0 Å². The predicted molar refractivity (Wildman–Crippen MR) is 128 cm³/mol. The number of carbonyl (C=O) groups is 1. The summed E-state index contributed by atoms with van der Waals surface area (Å²) < 4.78 is 7.58. The van der Waals surface area contributed by atoms with E-state index in [1.165, 1.54) is 5.56 Å². The number of aryl methyl sites for hydroxylation is 2. The van der Waals surface area contributed by atoms with Gasteiger partial charge in [-0.2, -0.15) is 0 Å². The van der Waals surface area contributed by atoms with Gasteiger partial charge in [0.05, 0.1) is 23.7 Å². The summed E-state index contributed by atoms with van der Waals surface area (Å²) >= 11 is 6.48. The van der Waals surface area contributed by atoms with Gasteiger partial charge in [0.15, 0.2) is 0 Å². The van der Waals surface area contributed by atoms with Crippen LogP contribution in [0, 0.1) is 19.8 Å². The third-order valence-electron chi connectivity index (χ3n) is 6.63. The van der Waals surface area contributed by atoms with E-state index >= 15 is 0 Å². The number of fused-ring (bicyclic) bond motifs is 1. The Labute approximate surface area is 193 Å². The molecule has 5 rings (SSSR count). The highest BCUT2D eigenvalue weighted by Gasteiger charge is 2.30. The molecule has 7 heteroatoms. The molecule has 2 aliphatic rings. The molecule has 0 saturated carbocycles. The molecule has 1 aromatic heterocycles. The minimum Gasteiger partial charge on any atom is -0.379 e. The van der Waals surface area contributed by atoms with Gasteiger partial charge in [-0.3, -0.25) is 9.36 Å². The maximum absolute atomic E-state index is 12.7. The molecule has 0 aliphatic carbocycles. The highest BCUT2D eigenvalue weighted by Crippen LogP contribution is 2.33. The topological polar surface area (TPSA) is 59.4 Å². The van der Waals surface area contributed by atoms with Crippen molar-refractivity contribution < 1.29 is 9.53 Å². The van der Waals surface area contributed by atoms with Gasteiger partial charge in [-0.25, -0.2) is 4.98 Å². The third-order valence-corrected chi connectivity index (χ3v) is 7.04. The number of amides is 1. The molecule has 2 aromatic carbocycles. The summed E-state index contributed by atoms with van der Waals surface area (Å²) in [5.74, 6) is 1.11. The summed E-state index contributed by atoms with van der Waals surface area (Å²) in [4.78, 5) is 20.0. The van der Waals surface area contributed by atoms with Gasteiger partial charge in [0.1, 0.15) is 0 Å². The fourth-order valence-corrected chi connectivity index (χ4v) is 4.82. The molecular weight excluding hydrogens is 424 g/mol. The molecule has 0 spiro atoms. The Balaban J connectivity index is 1.42. The first kappa shape index (κ1) is 21.3. The van der Waals surface area contributed by atoms with Crippen LogP contribution in [0.4, 0.5) is 5.95 Å². The van der Waals surface area contributed by atoms with Crippen molar-refractivity contribution in [1.82, 2.24) is 14.9 Å². The lowest BCUT2D eigenvalue weighted by Gasteiger charge is -2.32. The van der Waals surface area contributed by atoms with Crippen LogP contribution in [-0.2, 0) is 9.53 Å². The van der Waals surface area contributed by atoms with E-state index in [1.807, 2.05) is 13.0 Å². The summed E-state index contributed by atoms with van der Waals surface area (Å²) in [6, 6.07) is 12.7. The maximum atomic E-state index is 12.7. The number of ether oxygens (including phenoxy) is 1. The molecule has 2 fully saturated rings. The van der Waals surface area contributed by atoms with E-state index < -0.39 is 0 Å². The van der Waals surface area contributed by atoms with E-state index in [4.69, 9.17) is 21.3 Å². The first-order valence-electron chi connectivity index (χ1n) is 11.4. The van der Waals surface area contributed by atoms with Crippen molar-refractivity contribution >= 4 is 34.5 Å². The Morgan fingerprint density at radius 3 is 2.56 bits per heavy atom. The molecule has 3 heterocycles. The molecule has 32 heavy (non-hydrogen) atoms. The van der Waals surface area contributed by atoms with E-state index in [-0.39, 0.29) is 17.9 Å². The number of nitrogens with zero attached hydrogens (tertiary/aromatic N) is 3. The number of benzene rings is 2. The zero-order valence-corrected chi connectivity index (χ0v) is 19.4. The number of imidazole rings is 1. The quantitative estimate of drug-likeness (QED) is 0.636. The lowest BCUT2D eigenvalue weighted by molar-refractivity contribution is -0.126. The second-order valence-corrected chi connectivity index (χ2v) is 9.41. The Bertz CT molecular complexity index is 1130. The van der Waals surface area contributed by atoms with Crippen LogP contribution in [0.2, 0.25) is 5.02 Å². The molecule has 0 radical (unpaired) electrons. The van der Waals surface area contributed by atoms with Crippen LogP contribution in [0.1, 0.15) is 30.4 Å².